The van der Waals surface area contributed by atoms with Gasteiger partial charge in [-0.1, -0.05) is 57.0 Å². The lowest BCUT2D eigenvalue weighted by molar-refractivity contribution is 0.0889. The lowest BCUT2D eigenvalue weighted by atomic mass is 9.78. The molecule has 0 spiro atoms. The summed E-state index contributed by atoms with van der Waals surface area (Å²) < 4.78 is 41.9. The van der Waals surface area contributed by atoms with E-state index in [0.717, 1.165) is 19.3 Å². The Morgan fingerprint density at radius 2 is 1.73 bits per heavy atom. The first-order valence-corrected chi connectivity index (χ1v) is 14.0. The van der Waals surface area contributed by atoms with Gasteiger partial charge in [0.15, 0.2) is 0 Å². The van der Waals surface area contributed by atoms with Crippen LogP contribution in [0.25, 0.3) is 0 Å². The van der Waals surface area contributed by atoms with Gasteiger partial charge < -0.3 is 10.2 Å². The Morgan fingerprint density at radius 3 is 2.51 bits per heavy atom. The average Bonchev–Trinajstić information content (AvgIpc) is 2.96. The van der Waals surface area contributed by atoms with Crippen LogP contribution in [0.5, 0.6) is 0 Å². The predicted molar refractivity (Wildman–Crippen MR) is 139 cm³/mol. The van der Waals surface area contributed by atoms with Crippen LogP contribution in [0, 0.1) is 17.7 Å². The minimum absolute atomic E-state index is 0.00561. The van der Waals surface area contributed by atoms with E-state index in [1.807, 2.05) is 0 Å². The van der Waals surface area contributed by atoms with Gasteiger partial charge in [0.2, 0.25) is 9.84 Å². The minimum Gasteiger partial charge on any atom is -0.349 e. The van der Waals surface area contributed by atoms with Crippen molar-refractivity contribution in [3.8, 4) is 0 Å². The van der Waals surface area contributed by atoms with E-state index in [4.69, 9.17) is 0 Å². The highest BCUT2D eigenvalue weighted by atomic mass is 32.2. The molecule has 0 radical (unpaired) electrons. The zero-order chi connectivity index (χ0) is 26.3. The lowest BCUT2D eigenvalue weighted by Crippen LogP contribution is -2.43. The first-order chi connectivity index (χ1) is 17.7. The third-order valence-corrected chi connectivity index (χ3v) is 9.62. The second-order valence-electron chi connectivity index (χ2n) is 10.0. The van der Waals surface area contributed by atoms with Gasteiger partial charge in [-0.3, -0.25) is 9.59 Å². The Balaban J connectivity index is 1.60. The number of anilines is 1. The third-order valence-electron chi connectivity index (χ3n) is 7.76. The molecule has 3 aromatic rings. The number of fused-ring (bicyclic) bond motifs is 2. The van der Waals surface area contributed by atoms with Crippen molar-refractivity contribution in [1.29, 1.82) is 0 Å². The summed E-state index contributed by atoms with van der Waals surface area (Å²) in [4.78, 5) is 28.1. The number of hydrogen-bond acceptors (Lipinski definition) is 4. The van der Waals surface area contributed by atoms with Crippen LogP contribution in [0.3, 0.4) is 0 Å². The fraction of sp³-hybridized carbons (Fsp3) is 0.310. The van der Waals surface area contributed by atoms with Gasteiger partial charge in [-0.2, -0.15) is 0 Å². The Morgan fingerprint density at radius 1 is 1.00 bits per heavy atom. The molecule has 192 valence electrons. The Bertz CT molecular complexity index is 1490. The molecule has 2 aliphatic rings. The highest BCUT2D eigenvalue weighted by Gasteiger charge is 2.36. The fourth-order valence-corrected chi connectivity index (χ4v) is 6.97. The van der Waals surface area contributed by atoms with Crippen molar-refractivity contribution in [2.24, 2.45) is 11.8 Å². The van der Waals surface area contributed by atoms with Crippen molar-refractivity contribution in [1.82, 2.24) is 5.32 Å². The van der Waals surface area contributed by atoms with Crippen LogP contribution in [-0.4, -0.2) is 26.3 Å². The van der Waals surface area contributed by atoms with E-state index >= 15 is 0 Å². The van der Waals surface area contributed by atoms with Crippen LogP contribution in [-0.2, 0) is 16.4 Å². The standard InChI is InChI=1S/C29H29FN2O4S/c1-18-8-7-12-24(19(18)2)31-28(33)20-14-15-27-25(16-20)32(17-21-9-3-5-11-23(21)30)29(34)22-10-4-6-13-26(22)37(27,35)36/h3-6,9-11,13-16,18-19,24H,7-8,12,17H2,1-2H3,(H,31,33). The Hall–Kier alpha value is -3.52. The number of amides is 2. The number of benzene rings is 3. The van der Waals surface area contributed by atoms with Crippen molar-refractivity contribution >= 4 is 27.3 Å². The maximum Gasteiger partial charge on any atom is 0.259 e. The molecule has 0 bridgehead atoms. The van der Waals surface area contributed by atoms with Gasteiger partial charge in [-0.15, -0.1) is 0 Å². The van der Waals surface area contributed by atoms with Crippen molar-refractivity contribution in [3.63, 3.8) is 0 Å². The van der Waals surface area contributed by atoms with Crippen LogP contribution >= 0.6 is 0 Å². The summed E-state index contributed by atoms with van der Waals surface area (Å²) in [5.74, 6) is -0.609. The van der Waals surface area contributed by atoms with Gasteiger partial charge >= 0.3 is 0 Å². The normalized spacial score (nSPS) is 22.5. The van der Waals surface area contributed by atoms with Crippen LogP contribution in [0.1, 0.15) is 59.4 Å². The second-order valence-corrected chi connectivity index (χ2v) is 11.9. The average molecular weight is 521 g/mol. The van der Waals surface area contributed by atoms with Crippen LogP contribution in [0.4, 0.5) is 10.1 Å². The molecule has 2 amide bonds. The summed E-state index contributed by atoms with van der Waals surface area (Å²) in [7, 11) is -4.08. The molecule has 37 heavy (non-hydrogen) atoms. The highest BCUT2D eigenvalue weighted by molar-refractivity contribution is 7.91. The molecule has 0 saturated heterocycles. The smallest absolute Gasteiger partial charge is 0.259 e. The SMILES string of the molecule is CC1CCCC(NC(=O)c2ccc3c(c2)N(Cc2ccccc2F)C(=O)c2ccccc2S3(=O)=O)C1C. The summed E-state index contributed by atoms with van der Waals surface area (Å²) in [5, 5.41) is 3.11. The number of rotatable bonds is 4. The van der Waals surface area contributed by atoms with Crippen LogP contribution in [0.15, 0.2) is 76.5 Å². The first-order valence-electron chi connectivity index (χ1n) is 12.5. The second kappa shape index (κ2) is 9.74. The van der Waals surface area contributed by atoms with Gasteiger partial charge in [0, 0.05) is 17.2 Å². The number of halogens is 1. The van der Waals surface area contributed by atoms with Crippen LogP contribution in [0.2, 0.25) is 0 Å². The lowest BCUT2D eigenvalue weighted by Gasteiger charge is -2.34. The quantitative estimate of drug-likeness (QED) is 0.501. The van der Waals surface area contributed by atoms with Gasteiger partial charge in [-0.25, -0.2) is 12.8 Å². The van der Waals surface area contributed by atoms with Crippen molar-refractivity contribution in [2.75, 3.05) is 4.90 Å². The molecular formula is C29H29FN2O4S. The maximum absolute atomic E-state index is 14.6. The topological polar surface area (TPSA) is 83.6 Å². The highest BCUT2D eigenvalue weighted by Crippen LogP contribution is 2.38. The van der Waals surface area contributed by atoms with Crippen molar-refractivity contribution < 1.29 is 22.4 Å². The van der Waals surface area contributed by atoms with E-state index in [1.165, 1.54) is 41.3 Å². The van der Waals surface area contributed by atoms with Crippen LogP contribution < -0.4 is 10.2 Å². The fourth-order valence-electron chi connectivity index (χ4n) is 5.34. The summed E-state index contributed by atoms with van der Waals surface area (Å²) in [5.41, 5.74) is 0.545. The third kappa shape index (κ3) is 4.55. The predicted octanol–water partition coefficient (Wildman–Crippen LogP) is 5.37. The van der Waals surface area contributed by atoms with Gasteiger partial charge in [0.25, 0.3) is 11.8 Å². The molecule has 1 fully saturated rings. The van der Waals surface area contributed by atoms with E-state index in [0.29, 0.717) is 11.8 Å². The largest absolute Gasteiger partial charge is 0.349 e. The van der Waals surface area contributed by atoms with E-state index in [-0.39, 0.29) is 50.7 Å². The Kier molecular flexibility index (Phi) is 6.62. The monoisotopic (exact) mass is 520 g/mol. The van der Waals surface area contributed by atoms with E-state index in [2.05, 4.69) is 19.2 Å². The summed E-state index contributed by atoms with van der Waals surface area (Å²) in [6.45, 7) is 4.12. The Labute approximate surface area is 216 Å². The molecule has 6 nitrogen and oxygen atoms in total. The molecule has 1 aliphatic heterocycles. The number of hydrogen-bond donors (Lipinski definition) is 1. The summed E-state index contributed by atoms with van der Waals surface area (Å²) >= 11 is 0. The van der Waals surface area contributed by atoms with E-state index in [1.54, 1.807) is 30.3 Å². The maximum atomic E-state index is 14.6. The van der Waals surface area contributed by atoms with E-state index in [9.17, 15) is 22.4 Å². The summed E-state index contributed by atoms with van der Waals surface area (Å²) in [6.07, 6.45) is 3.03. The number of sulfone groups is 1. The first kappa shape index (κ1) is 25.1. The molecule has 0 aromatic heterocycles. The van der Waals surface area contributed by atoms with Gasteiger partial charge in [0.05, 0.1) is 27.6 Å². The number of nitrogens with one attached hydrogen (secondary N) is 1. The molecule has 3 unspecified atom stereocenters. The molecule has 1 aliphatic carbocycles. The summed E-state index contributed by atoms with van der Waals surface area (Å²) in [6, 6.07) is 16.3. The molecule has 3 atom stereocenters. The number of carbonyl (C=O) groups excluding carboxylic acids is 2. The van der Waals surface area contributed by atoms with Crippen molar-refractivity contribution in [2.45, 2.75) is 55.5 Å². The molecule has 8 heteroatoms. The zero-order valence-corrected chi connectivity index (χ0v) is 21.6. The molecule has 1 N–H and O–H groups in total. The molecule has 3 aromatic carbocycles. The number of carbonyl (C=O) groups is 2. The number of nitrogens with zero attached hydrogens (tertiary/aromatic N) is 1. The van der Waals surface area contributed by atoms with Crippen molar-refractivity contribution in [3.05, 3.63) is 89.2 Å². The molecule has 1 heterocycles. The van der Waals surface area contributed by atoms with Gasteiger partial charge in [0.1, 0.15) is 5.82 Å². The zero-order valence-electron chi connectivity index (χ0n) is 20.8. The van der Waals surface area contributed by atoms with E-state index < -0.39 is 21.6 Å². The molecule has 1 saturated carbocycles. The minimum atomic E-state index is -4.08. The molecular weight excluding hydrogens is 491 g/mol. The molecule has 5 rings (SSSR count). The van der Waals surface area contributed by atoms with Gasteiger partial charge in [-0.05, 0) is 54.7 Å².